The van der Waals surface area contributed by atoms with Gasteiger partial charge in [-0.1, -0.05) is 24.3 Å². The van der Waals surface area contributed by atoms with Crippen LogP contribution in [0.3, 0.4) is 0 Å². The molecule has 0 radical (unpaired) electrons. The summed E-state index contributed by atoms with van der Waals surface area (Å²) in [5.74, 6) is 0.337. The minimum Gasteiger partial charge on any atom is -0.507 e. The summed E-state index contributed by atoms with van der Waals surface area (Å²) < 4.78 is 1.11. The Hall–Kier alpha value is -0.540. The Morgan fingerprint density at radius 1 is 1.23 bits per heavy atom. The Morgan fingerprint density at radius 3 is 2.23 bits per heavy atom. The molecule has 0 aliphatic heterocycles. The smallest absolute Gasteiger partial charge is 0.124 e. The lowest BCUT2D eigenvalue weighted by atomic mass is 10.2. The fourth-order valence-corrected chi connectivity index (χ4v) is 2.07. The number of allylic oxidation sites excluding steroid dienone is 6. The largest absolute Gasteiger partial charge is 0.507 e. The number of thioether (sulfide) groups is 2. The zero-order chi connectivity index (χ0) is 9.68. The Bertz CT molecular complexity index is 278. The summed E-state index contributed by atoms with van der Waals surface area (Å²) in [6.07, 6.45) is 13.4. The van der Waals surface area contributed by atoms with Crippen LogP contribution in [-0.4, -0.2) is 17.6 Å². The fourth-order valence-electron chi connectivity index (χ4n) is 0.941. The normalized spacial score (nSPS) is 13.5. The monoisotopic (exact) mass is 212 g/mol. The molecule has 1 rings (SSSR count). The van der Waals surface area contributed by atoms with Gasteiger partial charge in [0.25, 0.3) is 0 Å². The van der Waals surface area contributed by atoms with Gasteiger partial charge in [-0.25, -0.2) is 0 Å². The molecule has 0 saturated heterocycles. The first kappa shape index (κ1) is 10.5. The number of rotatable bonds is 3. The first-order valence-electron chi connectivity index (χ1n) is 3.85. The van der Waals surface area contributed by atoms with Crippen LogP contribution in [0.25, 0.3) is 0 Å². The summed E-state index contributed by atoms with van der Waals surface area (Å²) in [4.78, 5) is 0. The Morgan fingerprint density at radius 2 is 1.77 bits per heavy atom. The van der Waals surface area contributed by atoms with Crippen LogP contribution in [0.2, 0.25) is 0 Å². The summed E-state index contributed by atoms with van der Waals surface area (Å²) in [6.45, 7) is 0. The fraction of sp³-hybridized carbons (Fsp3) is 0.200. The minimum absolute atomic E-state index is 0.337. The number of hydrogen-bond acceptors (Lipinski definition) is 3. The summed E-state index contributed by atoms with van der Waals surface area (Å²) >= 11 is 3.28. The van der Waals surface area contributed by atoms with Crippen LogP contribution in [0.5, 0.6) is 0 Å². The highest BCUT2D eigenvalue weighted by atomic mass is 32.2. The van der Waals surface area contributed by atoms with Crippen molar-refractivity contribution in [2.75, 3.05) is 12.5 Å². The van der Waals surface area contributed by atoms with E-state index in [0.29, 0.717) is 5.76 Å². The molecule has 0 unspecified atom stereocenters. The molecule has 0 fully saturated rings. The molecule has 0 aromatic heterocycles. The van der Waals surface area contributed by atoms with Crippen LogP contribution in [0, 0.1) is 0 Å². The first-order valence-corrected chi connectivity index (χ1v) is 6.30. The van der Waals surface area contributed by atoms with Crippen molar-refractivity contribution in [1.82, 2.24) is 0 Å². The molecule has 70 valence electrons. The molecule has 1 nitrogen and oxygen atoms in total. The zero-order valence-electron chi connectivity index (χ0n) is 7.65. The third-order valence-electron chi connectivity index (χ3n) is 1.62. The van der Waals surface area contributed by atoms with Gasteiger partial charge in [0.2, 0.25) is 0 Å². The lowest BCUT2D eigenvalue weighted by molar-refractivity contribution is 0.429. The molecule has 0 spiro atoms. The highest BCUT2D eigenvalue weighted by molar-refractivity contribution is 8.21. The van der Waals surface area contributed by atoms with Crippen LogP contribution in [0.4, 0.5) is 0 Å². The van der Waals surface area contributed by atoms with Gasteiger partial charge in [0.1, 0.15) is 5.76 Å². The van der Waals surface area contributed by atoms with E-state index in [1.54, 1.807) is 29.6 Å². The minimum atomic E-state index is 0.337. The van der Waals surface area contributed by atoms with E-state index in [2.05, 4.69) is 0 Å². The average Bonchev–Trinajstić information content (AvgIpc) is 2.66. The SMILES string of the molecule is CSC(=CC(O)=C1C=CC=C1)SC. The first-order chi connectivity index (χ1) is 6.27. The van der Waals surface area contributed by atoms with E-state index in [1.165, 1.54) is 0 Å². The molecule has 13 heavy (non-hydrogen) atoms. The maximum atomic E-state index is 9.66. The molecule has 0 aromatic carbocycles. The van der Waals surface area contributed by atoms with Gasteiger partial charge < -0.3 is 5.11 Å². The molecule has 0 heterocycles. The van der Waals surface area contributed by atoms with Crippen molar-refractivity contribution in [3.8, 4) is 0 Å². The van der Waals surface area contributed by atoms with Gasteiger partial charge in [0, 0.05) is 15.9 Å². The van der Waals surface area contributed by atoms with Crippen LogP contribution in [0.15, 0.2) is 45.9 Å². The zero-order valence-corrected chi connectivity index (χ0v) is 9.28. The second kappa shape index (κ2) is 5.25. The highest BCUT2D eigenvalue weighted by Crippen LogP contribution is 2.25. The van der Waals surface area contributed by atoms with E-state index in [1.807, 2.05) is 36.8 Å². The maximum Gasteiger partial charge on any atom is 0.124 e. The molecular formula is C10H12OS2. The van der Waals surface area contributed by atoms with E-state index in [-0.39, 0.29) is 0 Å². The van der Waals surface area contributed by atoms with Crippen LogP contribution in [0.1, 0.15) is 0 Å². The van der Waals surface area contributed by atoms with Gasteiger partial charge in [-0.3, -0.25) is 0 Å². The number of hydrogen-bond donors (Lipinski definition) is 1. The molecule has 0 bridgehead atoms. The third-order valence-corrected chi connectivity index (χ3v) is 3.66. The topological polar surface area (TPSA) is 20.2 Å². The summed E-state index contributed by atoms with van der Waals surface area (Å²) in [5, 5.41) is 9.66. The van der Waals surface area contributed by atoms with E-state index in [0.717, 1.165) is 9.81 Å². The van der Waals surface area contributed by atoms with Gasteiger partial charge in [-0.05, 0) is 12.5 Å². The second-order valence-electron chi connectivity index (χ2n) is 2.43. The molecular weight excluding hydrogens is 200 g/mol. The Labute approximate surface area is 87.3 Å². The van der Waals surface area contributed by atoms with Gasteiger partial charge in [0.15, 0.2) is 0 Å². The van der Waals surface area contributed by atoms with Crippen molar-refractivity contribution in [2.24, 2.45) is 0 Å². The molecule has 3 heteroatoms. The lowest BCUT2D eigenvalue weighted by Crippen LogP contribution is -1.81. The molecule has 1 aliphatic rings. The predicted octanol–water partition coefficient (Wildman–Crippen LogP) is 3.49. The van der Waals surface area contributed by atoms with Crippen molar-refractivity contribution in [1.29, 1.82) is 0 Å². The summed E-state index contributed by atoms with van der Waals surface area (Å²) in [5.41, 5.74) is 0.876. The van der Waals surface area contributed by atoms with E-state index in [9.17, 15) is 5.11 Å². The van der Waals surface area contributed by atoms with E-state index < -0.39 is 0 Å². The molecule has 0 saturated carbocycles. The van der Waals surface area contributed by atoms with Crippen LogP contribution < -0.4 is 0 Å². The predicted molar refractivity (Wildman–Crippen MR) is 63.0 cm³/mol. The van der Waals surface area contributed by atoms with Crippen molar-refractivity contribution < 1.29 is 5.11 Å². The molecule has 0 amide bonds. The van der Waals surface area contributed by atoms with Gasteiger partial charge >= 0.3 is 0 Å². The number of aliphatic hydroxyl groups is 1. The summed E-state index contributed by atoms with van der Waals surface area (Å²) in [6, 6.07) is 0. The van der Waals surface area contributed by atoms with Crippen molar-refractivity contribution in [2.45, 2.75) is 0 Å². The Kier molecular flexibility index (Phi) is 4.25. The lowest BCUT2D eigenvalue weighted by Gasteiger charge is -1.99. The van der Waals surface area contributed by atoms with E-state index in [4.69, 9.17) is 0 Å². The second-order valence-corrected chi connectivity index (χ2v) is 4.39. The van der Waals surface area contributed by atoms with Gasteiger partial charge in [-0.2, -0.15) is 0 Å². The van der Waals surface area contributed by atoms with Crippen molar-refractivity contribution in [3.63, 3.8) is 0 Å². The van der Waals surface area contributed by atoms with Crippen molar-refractivity contribution in [3.05, 3.63) is 45.9 Å². The molecule has 1 aliphatic carbocycles. The summed E-state index contributed by atoms with van der Waals surface area (Å²) in [7, 11) is 0. The maximum absolute atomic E-state index is 9.66. The highest BCUT2D eigenvalue weighted by Gasteiger charge is 2.00. The quantitative estimate of drug-likeness (QED) is 0.723. The van der Waals surface area contributed by atoms with Gasteiger partial charge in [-0.15, -0.1) is 23.5 Å². The van der Waals surface area contributed by atoms with Crippen molar-refractivity contribution >= 4 is 23.5 Å². The van der Waals surface area contributed by atoms with Gasteiger partial charge in [0.05, 0.1) is 0 Å². The number of aliphatic hydroxyl groups excluding tert-OH is 1. The van der Waals surface area contributed by atoms with Crippen LogP contribution in [-0.2, 0) is 0 Å². The average molecular weight is 212 g/mol. The third kappa shape index (κ3) is 3.01. The van der Waals surface area contributed by atoms with E-state index >= 15 is 0 Å². The van der Waals surface area contributed by atoms with Crippen LogP contribution >= 0.6 is 23.5 Å². The Balaban J connectivity index is 2.83. The molecule has 1 N–H and O–H groups in total. The standard InChI is InChI=1S/C10H12OS2/c1-12-10(13-2)7-9(11)8-5-3-4-6-8/h3-7,11H,1-2H3. The molecule has 0 aromatic rings. The molecule has 0 atom stereocenters.